The summed E-state index contributed by atoms with van der Waals surface area (Å²) in [5.41, 5.74) is 0. The lowest BCUT2D eigenvalue weighted by Gasteiger charge is -2.07. The van der Waals surface area contributed by atoms with Crippen LogP contribution >= 0.6 is 12.6 Å². The summed E-state index contributed by atoms with van der Waals surface area (Å²) in [6, 6.07) is 0. The molecule has 1 heterocycles. The average molecular weight is 115 g/mol. The van der Waals surface area contributed by atoms with E-state index in [0.29, 0.717) is 5.37 Å². The van der Waals surface area contributed by atoms with Gasteiger partial charge < -0.3 is 0 Å². The molecule has 0 aromatic heterocycles. The molecule has 0 amide bonds. The van der Waals surface area contributed by atoms with Gasteiger partial charge in [-0.15, -0.1) is 0 Å². The van der Waals surface area contributed by atoms with Crippen molar-refractivity contribution in [1.29, 1.82) is 0 Å². The summed E-state index contributed by atoms with van der Waals surface area (Å²) in [5.74, 6) is 0. The average Bonchev–Trinajstić information content (AvgIpc) is 1.69. The van der Waals surface area contributed by atoms with Crippen LogP contribution in [0, 0.1) is 0 Å². The maximum atomic E-state index is 4.16. The minimum Gasteiger partial charge on any atom is -0.284 e. The zero-order chi connectivity index (χ0) is 5.11. The Balaban J connectivity index is 2.36. The normalized spacial score (nSPS) is 30.7. The zero-order valence-electron chi connectivity index (χ0n) is 4.17. The quantitative estimate of drug-likeness (QED) is 0.459. The second-order valence-corrected chi connectivity index (χ2v) is 2.34. The SMILES string of the molecule is SC1CCCC=N1. The van der Waals surface area contributed by atoms with Gasteiger partial charge in [-0.3, -0.25) is 4.99 Å². The molecule has 0 fully saturated rings. The van der Waals surface area contributed by atoms with Crippen LogP contribution in [0.1, 0.15) is 19.3 Å². The van der Waals surface area contributed by atoms with Crippen LogP contribution in [0.25, 0.3) is 0 Å². The van der Waals surface area contributed by atoms with E-state index < -0.39 is 0 Å². The van der Waals surface area contributed by atoms with Crippen molar-refractivity contribution in [3.05, 3.63) is 0 Å². The Hall–Kier alpha value is 0.0200. The van der Waals surface area contributed by atoms with Gasteiger partial charge in [-0.05, 0) is 19.3 Å². The minimum absolute atomic E-state index is 0.300. The van der Waals surface area contributed by atoms with Gasteiger partial charge in [-0.2, -0.15) is 12.6 Å². The number of thiol groups is 1. The first-order chi connectivity index (χ1) is 3.39. The smallest absolute Gasteiger partial charge is 0.0919 e. The molecule has 0 spiro atoms. The Labute approximate surface area is 49.2 Å². The fourth-order valence-corrected chi connectivity index (χ4v) is 0.939. The molecule has 1 aliphatic heterocycles. The molecular formula is C5H9NS. The van der Waals surface area contributed by atoms with Crippen molar-refractivity contribution in [3.8, 4) is 0 Å². The third kappa shape index (κ3) is 1.51. The molecule has 1 rings (SSSR count). The van der Waals surface area contributed by atoms with Crippen molar-refractivity contribution in [1.82, 2.24) is 0 Å². The van der Waals surface area contributed by atoms with Crippen molar-refractivity contribution >= 4 is 18.8 Å². The molecule has 0 aliphatic carbocycles. The maximum absolute atomic E-state index is 4.16. The van der Waals surface area contributed by atoms with E-state index in [4.69, 9.17) is 0 Å². The Morgan fingerprint density at radius 3 is 2.86 bits per heavy atom. The molecule has 0 aromatic carbocycles. The molecule has 0 aromatic rings. The third-order valence-electron chi connectivity index (χ3n) is 1.07. The van der Waals surface area contributed by atoms with Crippen LogP contribution in [0.15, 0.2) is 4.99 Å². The molecule has 7 heavy (non-hydrogen) atoms. The Bertz CT molecular complexity index is 80.1. The fourth-order valence-electron chi connectivity index (χ4n) is 0.662. The van der Waals surface area contributed by atoms with E-state index in [-0.39, 0.29) is 0 Å². The second-order valence-electron chi connectivity index (χ2n) is 1.74. The van der Waals surface area contributed by atoms with Gasteiger partial charge in [0.25, 0.3) is 0 Å². The largest absolute Gasteiger partial charge is 0.284 e. The predicted molar refractivity (Wildman–Crippen MR) is 35.1 cm³/mol. The standard InChI is InChI=1S/C5H9NS/c7-5-3-1-2-4-6-5/h4-5,7H,1-3H2. The van der Waals surface area contributed by atoms with Gasteiger partial charge in [-0.25, -0.2) is 0 Å². The highest BCUT2D eigenvalue weighted by molar-refractivity contribution is 7.80. The summed E-state index contributed by atoms with van der Waals surface area (Å²) >= 11 is 4.16. The molecule has 1 aliphatic rings. The fraction of sp³-hybridized carbons (Fsp3) is 0.800. The van der Waals surface area contributed by atoms with Gasteiger partial charge in [-0.1, -0.05) is 0 Å². The number of hydrogen-bond donors (Lipinski definition) is 1. The van der Waals surface area contributed by atoms with E-state index >= 15 is 0 Å². The Kier molecular flexibility index (Phi) is 1.74. The van der Waals surface area contributed by atoms with Crippen molar-refractivity contribution in [2.75, 3.05) is 0 Å². The van der Waals surface area contributed by atoms with Crippen LogP contribution in [0.4, 0.5) is 0 Å². The molecule has 1 nitrogen and oxygen atoms in total. The van der Waals surface area contributed by atoms with Crippen LogP contribution in [0.2, 0.25) is 0 Å². The molecule has 0 saturated heterocycles. The molecule has 0 N–H and O–H groups in total. The number of aliphatic imine (C=N–C) groups is 1. The summed E-state index contributed by atoms with van der Waals surface area (Å²) < 4.78 is 0. The van der Waals surface area contributed by atoms with Gasteiger partial charge in [0.1, 0.15) is 0 Å². The number of nitrogens with zero attached hydrogens (tertiary/aromatic N) is 1. The van der Waals surface area contributed by atoms with E-state index in [1.165, 1.54) is 6.42 Å². The third-order valence-corrected chi connectivity index (χ3v) is 1.46. The summed E-state index contributed by atoms with van der Waals surface area (Å²) in [6.07, 6.45) is 5.52. The van der Waals surface area contributed by atoms with Crippen LogP contribution in [-0.4, -0.2) is 11.6 Å². The molecule has 0 saturated carbocycles. The van der Waals surface area contributed by atoms with Gasteiger partial charge >= 0.3 is 0 Å². The van der Waals surface area contributed by atoms with Crippen molar-refractivity contribution in [2.24, 2.45) is 4.99 Å². The highest BCUT2D eigenvalue weighted by Gasteiger charge is 2.00. The van der Waals surface area contributed by atoms with E-state index in [2.05, 4.69) is 17.6 Å². The Morgan fingerprint density at radius 2 is 2.57 bits per heavy atom. The first kappa shape index (κ1) is 5.16. The molecule has 1 atom stereocenters. The lowest BCUT2D eigenvalue weighted by atomic mass is 10.2. The van der Waals surface area contributed by atoms with Crippen LogP contribution in [0.3, 0.4) is 0 Å². The van der Waals surface area contributed by atoms with Crippen molar-refractivity contribution in [2.45, 2.75) is 24.6 Å². The molecule has 2 heteroatoms. The van der Waals surface area contributed by atoms with Crippen LogP contribution in [-0.2, 0) is 0 Å². The van der Waals surface area contributed by atoms with Gasteiger partial charge in [0.2, 0.25) is 0 Å². The maximum Gasteiger partial charge on any atom is 0.0919 e. The molecule has 0 radical (unpaired) electrons. The molecule has 40 valence electrons. The summed E-state index contributed by atoms with van der Waals surface area (Å²) in [5, 5.41) is 0.300. The van der Waals surface area contributed by atoms with Gasteiger partial charge in [0, 0.05) is 6.21 Å². The number of rotatable bonds is 0. The molecule has 1 unspecified atom stereocenters. The van der Waals surface area contributed by atoms with Crippen LogP contribution in [0.5, 0.6) is 0 Å². The van der Waals surface area contributed by atoms with Gasteiger partial charge in [0.05, 0.1) is 5.37 Å². The molecule has 0 bridgehead atoms. The second kappa shape index (κ2) is 2.36. The first-order valence-electron chi connectivity index (χ1n) is 2.59. The molecular weight excluding hydrogens is 106 g/mol. The van der Waals surface area contributed by atoms with Crippen LogP contribution < -0.4 is 0 Å². The van der Waals surface area contributed by atoms with Crippen molar-refractivity contribution in [3.63, 3.8) is 0 Å². The Morgan fingerprint density at radius 1 is 1.71 bits per heavy atom. The summed E-state index contributed by atoms with van der Waals surface area (Å²) in [7, 11) is 0. The topological polar surface area (TPSA) is 12.4 Å². The van der Waals surface area contributed by atoms with E-state index in [0.717, 1.165) is 12.8 Å². The zero-order valence-corrected chi connectivity index (χ0v) is 5.06. The summed E-state index contributed by atoms with van der Waals surface area (Å²) in [6.45, 7) is 0. The van der Waals surface area contributed by atoms with E-state index in [9.17, 15) is 0 Å². The number of hydrogen-bond acceptors (Lipinski definition) is 2. The van der Waals surface area contributed by atoms with E-state index in [1.54, 1.807) is 0 Å². The van der Waals surface area contributed by atoms with Crippen molar-refractivity contribution < 1.29 is 0 Å². The summed E-state index contributed by atoms with van der Waals surface area (Å²) in [4.78, 5) is 4.07. The highest BCUT2D eigenvalue weighted by atomic mass is 32.1. The first-order valence-corrected chi connectivity index (χ1v) is 3.11. The lowest BCUT2D eigenvalue weighted by Crippen LogP contribution is -1.99. The predicted octanol–water partition coefficient (Wildman–Crippen LogP) is 1.50. The van der Waals surface area contributed by atoms with E-state index in [1.807, 2.05) is 6.21 Å². The monoisotopic (exact) mass is 115 g/mol. The lowest BCUT2D eigenvalue weighted by molar-refractivity contribution is 0.716. The van der Waals surface area contributed by atoms with Gasteiger partial charge in [0.15, 0.2) is 0 Å². The minimum atomic E-state index is 0.300. The highest BCUT2D eigenvalue weighted by Crippen LogP contribution is 2.11.